The van der Waals surface area contributed by atoms with E-state index in [0.717, 1.165) is 39.0 Å². The van der Waals surface area contributed by atoms with Crippen molar-refractivity contribution in [3.8, 4) is 0 Å². The van der Waals surface area contributed by atoms with E-state index < -0.39 is 5.97 Å². The molecule has 0 spiro atoms. The van der Waals surface area contributed by atoms with Gasteiger partial charge in [0.05, 0.1) is 6.42 Å². The van der Waals surface area contributed by atoms with Crippen molar-refractivity contribution in [3.05, 3.63) is 12.2 Å². The van der Waals surface area contributed by atoms with Gasteiger partial charge in [0.15, 0.2) is 0 Å². The first kappa shape index (κ1) is 15.5. The average Bonchev–Trinajstić information content (AvgIpc) is 2.54. The summed E-state index contributed by atoms with van der Waals surface area (Å²) >= 11 is 0. The van der Waals surface area contributed by atoms with Crippen LogP contribution in [0, 0.1) is 17.8 Å². The summed E-state index contributed by atoms with van der Waals surface area (Å²) in [5.74, 6) is 0.810. The van der Waals surface area contributed by atoms with Gasteiger partial charge in [0.2, 0.25) is 5.91 Å². The van der Waals surface area contributed by atoms with Crippen LogP contribution in [0.25, 0.3) is 0 Å². The fourth-order valence-electron chi connectivity index (χ4n) is 4.21. The van der Waals surface area contributed by atoms with Crippen LogP contribution in [0.15, 0.2) is 12.2 Å². The number of nitrogens with zero attached hydrogens (tertiary/aromatic N) is 2. The number of amides is 1. The van der Waals surface area contributed by atoms with E-state index in [1.165, 1.54) is 6.42 Å². The molecule has 2 fully saturated rings. The number of rotatable bonds is 4. The molecule has 0 radical (unpaired) electrons. The molecule has 0 aromatic heterocycles. The largest absolute Gasteiger partial charge is 0.481 e. The number of hydrogen-bond acceptors (Lipinski definition) is 3. The normalized spacial score (nSPS) is 33.0. The Balaban J connectivity index is 1.52. The second kappa shape index (κ2) is 6.41. The first-order valence-electron chi connectivity index (χ1n) is 8.47. The van der Waals surface area contributed by atoms with Crippen LogP contribution in [0.1, 0.15) is 32.6 Å². The summed E-state index contributed by atoms with van der Waals surface area (Å²) in [7, 11) is 0. The highest BCUT2D eigenvalue weighted by atomic mass is 16.4. The molecule has 4 atom stereocenters. The highest BCUT2D eigenvalue weighted by Gasteiger charge is 2.39. The predicted molar refractivity (Wildman–Crippen MR) is 83.3 cm³/mol. The Morgan fingerprint density at radius 3 is 2.41 bits per heavy atom. The Morgan fingerprint density at radius 1 is 1.18 bits per heavy atom. The van der Waals surface area contributed by atoms with Gasteiger partial charge in [-0.3, -0.25) is 14.5 Å². The van der Waals surface area contributed by atoms with E-state index in [4.69, 9.17) is 5.11 Å². The van der Waals surface area contributed by atoms with E-state index in [1.54, 1.807) is 0 Å². The van der Waals surface area contributed by atoms with Gasteiger partial charge in [0, 0.05) is 38.1 Å². The molecule has 1 aliphatic heterocycles. The van der Waals surface area contributed by atoms with Gasteiger partial charge in [0.1, 0.15) is 0 Å². The summed E-state index contributed by atoms with van der Waals surface area (Å²) in [6.07, 6.45) is 8.15. The Hall–Kier alpha value is -1.36. The molecule has 0 aromatic carbocycles. The fourth-order valence-corrected chi connectivity index (χ4v) is 4.21. The summed E-state index contributed by atoms with van der Waals surface area (Å²) < 4.78 is 0. The number of carboxylic acid groups (broad SMARTS) is 1. The van der Waals surface area contributed by atoms with Crippen molar-refractivity contribution in [2.24, 2.45) is 17.8 Å². The van der Waals surface area contributed by atoms with Gasteiger partial charge < -0.3 is 10.0 Å². The van der Waals surface area contributed by atoms with Crippen LogP contribution in [0.4, 0.5) is 0 Å². The van der Waals surface area contributed by atoms with Crippen LogP contribution < -0.4 is 0 Å². The summed E-state index contributed by atoms with van der Waals surface area (Å²) in [6, 6.07) is 0.0448. The van der Waals surface area contributed by atoms with Crippen molar-refractivity contribution < 1.29 is 14.7 Å². The van der Waals surface area contributed by atoms with Gasteiger partial charge in [-0.25, -0.2) is 0 Å². The van der Waals surface area contributed by atoms with Crippen LogP contribution in [-0.2, 0) is 9.59 Å². The van der Waals surface area contributed by atoms with E-state index in [9.17, 15) is 9.59 Å². The number of aliphatic carboxylic acids is 1. The Bertz CT molecular complexity index is 469. The maximum atomic E-state index is 12.8. The molecule has 1 N–H and O–H groups in total. The van der Waals surface area contributed by atoms with Gasteiger partial charge in [-0.05, 0) is 38.0 Å². The molecule has 22 heavy (non-hydrogen) atoms. The number of piperazine rings is 1. The number of carboxylic acids is 1. The lowest BCUT2D eigenvalue weighted by atomic mass is 9.68. The number of allylic oxidation sites excluding steroid dienone is 2. The second-order valence-electron chi connectivity index (χ2n) is 7.04. The zero-order valence-corrected chi connectivity index (χ0v) is 13.3. The number of carbonyl (C=O) groups excluding carboxylic acids is 1. The lowest BCUT2D eigenvalue weighted by Gasteiger charge is -2.43. The van der Waals surface area contributed by atoms with Gasteiger partial charge in [-0.15, -0.1) is 0 Å². The van der Waals surface area contributed by atoms with Crippen molar-refractivity contribution in [1.29, 1.82) is 0 Å². The summed E-state index contributed by atoms with van der Waals surface area (Å²) in [4.78, 5) is 27.8. The topological polar surface area (TPSA) is 60.9 Å². The van der Waals surface area contributed by atoms with Crippen LogP contribution in [-0.4, -0.2) is 59.0 Å². The molecule has 0 aromatic rings. The Kier molecular flexibility index (Phi) is 4.52. The maximum Gasteiger partial charge on any atom is 0.304 e. The highest BCUT2D eigenvalue weighted by molar-refractivity contribution is 5.80. The van der Waals surface area contributed by atoms with Crippen LogP contribution in [0.3, 0.4) is 0 Å². The molecule has 2 bridgehead atoms. The molecule has 5 nitrogen and oxygen atoms in total. The third kappa shape index (κ3) is 3.19. The van der Waals surface area contributed by atoms with Gasteiger partial charge >= 0.3 is 5.97 Å². The Morgan fingerprint density at radius 2 is 1.91 bits per heavy atom. The molecule has 1 amide bonds. The molecule has 1 saturated carbocycles. The van der Waals surface area contributed by atoms with Crippen molar-refractivity contribution in [2.45, 2.75) is 38.6 Å². The zero-order valence-electron chi connectivity index (χ0n) is 13.3. The minimum absolute atomic E-state index is 0.0448. The lowest BCUT2D eigenvalue weighted by molar-refractivity contribution is -0.142. The van der Waals surface area contributed by atoms with E-state index >= 15 is 0 Å². The molecule has 122 valence electrons. The number of hydrogen-bond donors (Lipinski definition) is 1. The van der Waals surface area contributed by atoms with Crippen molar-refractivity contribution in [2.75, 3.05) is 26.2 Å². The molecule has 3 aliphatic carbocycles. The summed E-state index contributed by atoms with van der Waals surface area (Å²) in [5, 5.41) is 8.89. The standard InChI is InChI=1S/C17H26N2O3/c1-12(10-16(20)21)18-6-8-19(9-7-18)17(22)15-11-13-2-4-14(15)5-3-13/h2,4,12-15H,3,5-11H2,1H3,(H,20,21)/t12?,13-,14+,15-/m1/s1. The third-order valence-electron chi connectivity index (χ3n) is 5.61. The third-order valence-corrected chi connectivity index (χ3v) is 5.61. The van der Waals surface area contributed by atoms with Crippen LogP contribution >= 0.6 is 0 Å². The lowest BCUT2D eigenvalue weighted by Crippen LogP contribution is -2.54. The smallest absolute Gasteiger partial charge is 0.304 e. The monoisotopic (exact) mass is 306 g/mol. The van der Waals surface area contributed by atoms with Crippen molar-refractivity contribution >= 4 is 11.9 Å². The second-order valence-corrected chi connectivity index (χ2v) is 7.04. The molecular weight excluding hydrogens is 280 g/mol. The van der Waals surface area contributed by atoms with E-state index in [0.29, 0.717) is 17.7 Å². The highest BCUT2D eigenvalue weighted by Crippen LogP contribution is 2.41. The molecule has 1 heterocycles. The van der Waals surface area contributed by atoms with Crippen molar-refractivity contribution in [1.82, 2.24) is 9.80 Å². The quantitative estimate of drug-likeness (QED) is 0.801. The molecular formula is C17H26N2O3. The first-order valence-corrected chi connectivity index (χ1v) is 8.47. The summed E-state index contributed by atoms with van der Waals surface area (Å²) in [6.45, 7) is 5.00. The number of carbonyl (C=O) groups is 2. The molecule has 4 rings (SSSR count). The maximum absolute atomic E-state index is 12.8. The van der Waals surface area contributed by atoms with Crippen LogP contribution in [0.2, 0.25) is 0 Å². The molecule has 1 unspecified atom stereocenters. The first-order chi connectivity index (χ1) is 10.5. The number of fused-ring (bicyclic) bond motifs is 2. The summed E-state index contributed by atoms with van der Waals surface area (Å²) in [5.41, 5.74) is 0. The minimum Gasteiger partial charge on any atom is -0.481 e. The minimum atomic E-state index is -0.754. The van der Waals surface area contributed by atoms with Gasteiger partial charge in [0.25, 0.3) is 0 Å². The Labute approximate surface area is 132 Å². The molecule has 5 heteroatoms. The van der Waals surface area contributed by atoms with Gasteiger partial charge in [-0.1, -0.05) is 12.2 Å². The molecule has 1 saturated heterocycles. The fraction of sp³-hybridized carbons (Fsp3) is 0.765. The van der Waals surface area contributed by atoms with Crippen molar-refractivity contribution in [3.63, 3.8) is 0 Å². The predicted octanol–water partition coefficient (Wildman–Crippen LogP) is 1.60. The average molecular weight is 306 g/mol. The zero-order chi connectivity index (χ0) is 15.7. The van der Waals surface area contributed by atoms with Gasteiger partial charge in [-0.2, -0.15) is 0 Å². The van der Waals surface area contributed by atoms with Crippen LogP contribution in [0.5, 0.6) is 0 Å². The SMILES string of the molecule is CC(CC(=O)O)N1CCN(C(=O)[C@@H]2C[C@@H]3C=C[C@H]2CC3)CC1. The van der Waals surface area contributed by atoms with E-state index in [1.807, 2.05) is 11.8 Å². The molecule has 4 aliphatic rings. The van der Waals surface area contributed by atoms with E-state index in [2.05, 4.69) is 17.1 Å². The van der Waals surface area contributed by atoms with E-state index in [-0.39, 0.29) is 18.4 Å².